The van der Waals surface area contributed by atoms with E-state index in [-0.39, 0.29) is 0 Å². The van der Waals surface area contributed by atoms with Gasteiger partial charge in [-0.05, 0) is 18.1 Å². The van der Waals surface area contributed by atoms with E-state index in [1.54, 1.807) is 0 Å². The van der Waals surface area contributed by atoms with Crippen molar-refractivity contribution in [3.8, 4) is 0 Å². The molecule has 90 valence electrons. The lowest BCUT2D eigenvalue weighted by Crippen LogP contribution is -2.14. The predicted molar refractivity (Wildman–Crippen MR) is 66.9 cm³/mol. The van der Waals surface area contributed by atoms with Crippen molar-refractivity contribution in [3.05, 3.63) is 0 Å². The normalized spacial score (nSPS) is 13.9. The van der Waals surface area contributed by atoms with Crippen molar-refractivity contribution in [2.45, 2.75) is 46.0 Å². The monoisotopic (exact) mass is 233 g/mol. The fourth-order valence-electron chi connectivity index (χ4n) is 1.36. The second-order valence-electron chi connectivity index (χ2n) is 3.69. The highest BCUT2D eigenvalue weighted by Crippen LogP contribution is 2.13. The van der Waals surface area contributed by atoms with Crippen molar-refractivity contribution in [1.29, 1.82) is 0 Å². The van der Waals surface area contributed by atoms with E-state index in [2.05, 4.69) is 31.6 Å². The zero-order valence-corrected chi connectivity index (χ0v) is 10.7. The SMILES string of the molecule is CCCCC(CC)COC(CCS)=NO. The lowest BCUT2D eigenvalue weighted by Gasteiger charge is -2.15. The zero-order valence-electron chi connectivity index (χ0n) is 9.78. The Morgan fingerprint density at radius 2 is 2.20 bits per heavy atom. The summed E-state index contributed by atoms with van der Waals surface area (Å²) in [5, 5.41) is 11.8. The summed E-state index contributed by atoms with van der Waals surface area (Å²) in [5.41, 5.74) is 0. The number of rotatable bonds is 8. The molecule has 1 N–H and O–H groups in total. The van der Waals surface area contributed by atoms with Crippen LogP contribution in [0.3, 0.4) is 0 Å². The summed E-state index contributed by atoms with van der Waals surface area (Å²) in [6.45, 7) is 5.01. The molecule has 0 aliphatic rings. The average molecular weight is 233 g/mol. The summed E-state index contributed by atoms with van der Waals surface area (Å²) in [4.78, 5) is 0. The molecule has 15 heavy (non-hydrogen) atoms. The van der Waals surface area contributed by atoms with Crippen LogP contribution in [0.1, 0.15) is 46.0 Å². The Morgan fingerprint density at radius 3 is 2.67 bits per heavy atom. The van der Waals surface area contributed by atoms with Crippen molar-refractivity contribution >= 4 is 18.5 Å². The fraction of sp³-hybridized carbons (Fsp3) is 0.909. The first kappa shape index (κ1) is 14.6. The van der Waals surface area contributed by atoms with Gasteiger partial charge in [-0.1, -0.05) is 38.3 Å². The van der Waals surface area contributed by atoms with Gasteiger partial charge >= 0.3 is 0 Å². The van der Waals surface area contributed by atoms with Gasteiger partial charge in [0.2, 0.25) is 5.90 Å². The van der Waals surface area contributed by atoms with Gasteiger partial charge in [-0.25, -0.2) is 0 Å². The molecule has 1 atom stereocenters. The molecule has 1 unspecified atom stereocenters. The van der Waals surface area contributed by atoms with E-state index in [1.807, 2.05) is 0 Å². The summed E-state index contributed by atoms with van der Waals surface area (Å²) in [6.07, 6.45) is 5.34. The molecule has 0 amide bonds. The van der Waals surface area contributed by atoms with Crippen LogP contribution in [-0.4, -0.2) is 23.5 Å². The largest absolute Gasteiger partial charge is 0.478 e. The molecule has 0 heterocycles. The molecule has 3 nitrogen and oxygen atoms in total. The summed E-state index contributed by atoms with van der Waals surface area (Å²) in [6, 6.07) is 0. The van der Waals surface area contributed by atoms with Gasteiger partial charge in [0, 0.05) is 6.42 Å². The van der Waals surface area contributed by atoms with E-state index >= 15 is 0 Å². The van der Waals surface area contributed by atoms with Crippen molar-refractivity contribution < 1.29 is 9.94 Å². The molecule has 0 aromatic heterocycles. The molecule has 0 fully saturated rings. The van der Waals surface area contributed by atoms with E-state index in [0.717, 1.165) is 6.42 Å². The highest BCUT2D eigenvalue weighted by molar-refractivity contribution is 7.80. The van der Waals surface area contributed by atoms with E-state index < -0.39 is 0 Å². The van der Waals surface area contributed by atoms with Crippen LogP contribution in [-0.2, 0) is 4.74 Å². The molecule has 4 heteroatoms. The van der Waals surface area contributed by atoms with Gasteiger partial charge in [0.25, 0.3) is 0 Å². The van der Waals surface area contributed by atoms with Crippen LogP contribution in [0.5, 0.6) is 0 Å². The fourth-order valence-corrected chi connectivity index (χ4v) is 1.55. The average Bonchev–Trinajstić information content (AvgIpc) is 2.27. The third-order valence-electron chi connectivity index (χ3n) is 2.47. The Bertz CT molecular complexity index is 174. The standard InChI is InChI=1S/C11H23NO2S/c1-3-5-6-10(4-2)9-14-11(12-13)7-8-15/h10,13,15H,3-9H2,1-2H3. The Balaban J connectivity index is 3.77. The first-order chi connectivity index (χ1) is 7.28. The van der Waals surface area contributed by atoms with Gasteiger partial charge in [0.1, 0.15) is 0 Å². The van der Waals surface area contributed by atoms with E-state index in [4.69, 9.17) is 9.94 Å². The van der Waals surface area contributed by atoms with Crippen molar-refractivity contribution in [3.63, 3.8) is 0 Å². The Hall–Kier alpha value is -0.380. The minimum Gasteiger partial charge on any atom is -0.478 e. The molecule has 0 aliphatic carbocycles. The number of thiol groups is 1. The molecule has 0 aliphatic heterocycles. The molecular formula is C11H23NO2S. The number of ether oxygens (including phenoxy) is 1. The van der Waals surface area contributed by atoms with E-state index in [0.29, 0.717) is 30.6 Å². The van der Waals surface area contributed by atoms with Gasteiger partial charge in [-0.15, -0.1) is 0 Å². The van der Waals surface area contributed by atoms with Crippen LogP contribution in [0.25, 0.3) is 0 Å². The van der Waals surface area contributed by atoms with Crippen LogP contribution in [0.2, 0.25) is 0 Å². The van der Waals surface area contributed by atoms with Crippen LogP contribution in [0, 0.1) is 5.92 Å². The quantitative estimate of drug-likeness (QED) is 0.222. The van der Waals surface area contributed by atoms with Gasteiger partial charge in [0.05, 0.1) is 6.61 Å². The topological polar surface area (TPSA) is 41.8 Å². The van der Waals surface area contributed by atoms with Crippen molar-refractivity contribution in [1.82, 2.24) is 0 Å². The minimum absolute atomic E-state index is 0.403. The Morgan fingerprint density at radius 1 is 1.47 bits per heavy atom. The van der Waals surface area contributed by atoms with E-state index in [9.17, 15) is 0 Å². The summed E-state index contributed by atoms with van der Waals surface area (Å²) in [7, 11) is 0. The number of oxime groups is 1. The lowest BCUT2D eigenvalue weighted by atomic mass is 10.0. The second-order valence-corrected chi connectivity index (χ2v) is 4.14. The van der Waals surface area contributed by atoms with Crippen molar-refractivity contribution in [2.24, 2.45) is 11.1 Å². The smallest absolute Gasteiger partial charge is 0.226 e. The number of hydrogen-bond donors (Lipinski definition) is 2. The first-order valence-corrected chi connectivity index (χ1v) is 6.36. The maximum atomic E-state index is 8.65. The van der Waals surface area contributed by atoms with Crippen LogP contribution in [0.4, 0.5) is 0 Å². The minimum atomic E-state index is 0.403. The number of hydrogen-bond acceptors (Lipinski definition) is 4. The maximum Gasteiger partial charge on any atom is 0.226 e. The molecule has 0 radical (unpaired) electrons. The number of nitrogens with zero attached hydrogens (tertiary/aromatic N) is 1. The highest BCUT2D eigenvalue weighted by Gasteiger charge is 2.08. The van der Waals surface area contributed by atoms with Crippen LogP contribution in [0.15, 0.2) is 5.16 Å². The third kappa shape index (κ3) is 7.54. The molecule has 0 saturated heterocycles. The van der Waals surface area contributed by atoms with Crippen LogP contribution >= 0.6 is 12.6 Å². The first-order valence-electron chi connectivity index (χ1n) is 5.73. The van der Waals surface area contributed by atoms with Gasteiger partial charge < -0.3 is 9.94 Å². The van der Waals surface area contributed by atoms with Gasteiger partial charge in [-0.3, -0.25) is 0 Å². The molecule has 0 aromatic carbocycles. The lowest BCUT2D eigenvalue weighted by molar-refractivity contribution is 0.199. The summed E-state index contributed by atoms with van der Waals surface area (Å²) < 4.78 is 5.43. The van der Waals surface area contributed by atoms with Crippen LogP contribution < -0.4 is 0 Å². The molecular weight excluding hydrogens is 210 g/mol. The summed E-state index contributed by atoms with van der Waals surface area (Å²) in [5.74, 6) is 1.62. The molecule has 0 rings (SSSR count). The van der Waals surface area contributed by atoms with E-state index in [1.165, 1.54) is 19.3 Å². The second kappa shape index (κ2) is 10.1. The van der Waals surface area contributed by atoms with Gasteiger partial charge in [0.15, 0.2) is 0 Å². The molecule has 0 spiro atoms. The predicted octanol–water partition coefficient (Wildman–Crippen LogP) is 3.33. The zero-order chi connectivity index (χ0) is 11.5. The highest BCUT2D eigenvalue weighted by atomic mass is 32.1. The Labute approximate surface area is 98.3 Å². The number of unbranched alkanes of at least 4 members (excludes halogenated alkanes) is 1. The van der Waals surface area contributed by atoms with Gasteiger partial charge in [-0.2, -0.15) is 12.6 Å². The third-order valence-corrected chi connectivity index (χ3v) is 2.69. The summed E-state index contributed by atoms with van der Waals surface area (Å²) >= 11 is 4.07. The molecule has 0 aromatic rings. The Kier molecular flexibility index (Phi) is 9.89. The van der Waals surface area contributed by atoms with Crippen molar-refractivity contribution in [2.75, 3.05) is 12.4 Å². The maximum absolute atomic E-state index is 8.65. The molecule has 0 saturated carbocycles. The molecule has 0 bridgehead atoms.